The number of ether oxygens (including phenoxy) is 1. The molecule has 0 radical (unpaired) electrons. The van der Waals surface area contributed by atoms with Crippen molar-refractivity contribution in [2.75, 3.05) is 4.31 Å². The number of halogens is 2. The monoisotopic (exact) mass is 391 g/mol. The van der Waals surface area contributed by atoms with Crippen LogP contribution in [0, 0.1) is 0 Å². The molecule has 0 unspecified atom stereocenters. The number of benzene rings is 3. The molecule has 25 heavy (non-hydrogen) atoms. The molecule has 1 aliphatic rings. The molecule has 7 heteroatoms. The third-order valence-electron chi connectivity index (χ3n) is 3.79. The van der Waals surface area contributed by atoms with Crippen LogP contribution in [-0.2, 0) is 10.0 Å². The number of hydrogen-bond acceptors (Lipinski definition) is 3. The van der Waals surface area contributed by atoms with Gasteiger partial charge < -0.3 is 4.74 Å². The first kappa shape index (κ1) is 16.3. The van der Waals surface area contributed by atoms with Gasteiger partial charge in [0, 0.05) is 5.02 Å². The second-order valence-corrected chi connectivity index (χ2v) is 8.02. The van der Waals surface area contributed by atoms with E-state index >= 15 is 0 Å². The van der Waals surface area contributed by atoms with Crippen LogP contribution in [0.3, 0.4) is 0 Å². The zero-order chi connectivity index (χ0) is 17.6. The lowest BCUT2D eigenvalue weighted by molar-refractivity contribution is 0.477. The molecule has 0 bridgehead atoms. The maximum atomic E-state index is 13.3. The lowest BCUT2D eigenvalue weighted by Crippen LogP contribution is -2.29. The van der Waals surface area contributed by atoms with Crippen LogP contribution < -0.4 is 9.04 Å². The Kier molecular flexibility index (Phi) is 3.87. The first-order valence-corrected chi connectivity index (χ1v) is 9.54. The molecule has 0 spiro atoms. The standard InChI is InChI=1S/C18H11Cl2NO3S/c19-12-10-14(20)18-16(11-12)21(15-8-4-5-9-17(15)24-18)25(22,23)13-6-2-1-3-7-13/h1-11H. The van der Waals surface area contributed by atoms with Gasteiger partial charge in [-0.05, 0) is 36.4 Å². The smallest absolute Gasteiger partial charge is 0.268 e. The second-order valence-electron chi connectivity index (χ2n) is 5.39. The van der Waals surface area contributed by atoms with Crippen LogP contribution in [0.5, 0.6) is 11.5 Å². The third-order valence-corrected chi connectivity index (χ3v) is 6.03. The molecule has 0 saturated carbocycles. The van der Waals surface area contributed by atoms with E-state index in [1.165, 1.54) is 16.4 Å². The topological polar surface area (TPSA) is 46.6 Å². The third kappa shape index (κ3) is 2.65. The lowest BCUT2D eigenvalue weighted by atomic mass is 10.2. The first-order valence-electron chi connectivity index (χ1n) is 7.35. The molecule has 4 nitrogen and oxygen atoms in total. The van der Waals surface area contributed by atoms with Gasteiger partial charge >= 0.3 is 0 Å². The van der Waals surface area contributed by atoms with Crippen LogP contribution >= 0.6 is 23.2 Å². The van der Waals surface area contributed by atoms with Crippen LogP contribution in [0.15, 0.2) is 71.6 Å². The molecular formula is C18H11Cl2NO3S. The van der Waals surface area contributed by atoms with E-state index in [9.17, 15) is 8.42 Å². The summed E-state index contributed by atoms with van der Waals surface area (Å²) < 4.78 is 33.7. The highest BCUT2D eigenvalue weighted by Crippen LogP contribution is 2.52. The molecular weight excluding hydrogens is 381 g/mol. The minimum Gasteiger partial charge on any atom is -0.451 e. The van der Waals surface area contributed by atoms with Crippen molar-refractivity contribution in [2.24, 2.45) is 0 Å². The van der Waals surface area contributed by atoms with Gasteiger partial charge in [-0.3, -0.25) is 0 Å². The average Bonchev–Trinajstić information content (AvgIpc) is 2.60. The van der Waals surface area contributed by atoms with Crippen LogP contribution in [0.2, 0.25) is 10.0 Å². The normalized spacial score (nSPS) is 13.0. The lowest BCUT2D eigenvalue weighted by Gasteiger charge is -2.32. The number of rotatable bonds is 2. The fourth-order valence-corrected chi connectivity index (χ4v) is 4.74. The Morgan fingerprint density at radius 1 is 0.840 bits per heavy atom. The molecule has 1 aliphatic heterocycles. The zero-order valence-corrected chi connectivity index (χ0v) is 15.0. The van der Waals surface area contributed by atoms with Crippen molar-refractivity contribution in [1.29, 1.82) is 0 Å². The number of hydrogen-bond donors (Lipinski definition) is 0. The van der Waals surface area contributed by atoms with E-state index in [0.717, 1.165) is 0 Å². The van der Waals surface area contributed by atoms with E-state index in [2.05, 4.69) is 0 Å². The molecule has 0 atom stereocenters. The SMILES string of the molecule is O=S(=O)(c1ccccc1)N1c2ccccc2Oc2c(Cl)cc(Cl)cc21. The minimum atomic E-state index is -3.89. The number of sulfonamides is 1. The highest BCUT2D eigenvalue weighted by molar-refractivity contribution is 7.93. The summed E-state index contributed by atoms with van der Waals surface area (Å²) in [6.07, 6.45) is 0. The van der Waals surface area contributed by atoms with Gasteiger partial charge in [-0.1, -0.05) is 53.5 Å². The van der Waals surface area contributed by atoms with E-state index in [1.807, 2.05) is 0 Å². The summed E-state index contributed by atoms with van der Waals surface area (Å²) in [5.41, 5.74) is 0.678. The summed E-state index contributed by atoms with van der Waals surface area (Å²) in [7, 11) is -3.89. The maximum absolute atomic E-state index is 13.3. The first-order chi connectivity index (χ1) is 12.0. The van der Waals surface area contributed by atoms with Gasteiger partial charge in [0.05, 0.1) is 9.92 Å². The van der Waals surface area contributed by atoms with Gasteiger partial charge in [0.1, 0.15) is 11.4 Å². The molecule has 0 N–H and O–H groups in total. The number of nitrogens with zero attached hydrogens (tertiary/aromatic N) is 1. The molecule has 0 saturated heterocycles. The van der Waals surface area contributed by atoms with E-state index in [4.69, 9.17) is 27.9 Å². The van der Waals surface area contributed by atoms with Gasteiger partial charge in [0.15, 0.2) is 11.5 Å². The largest absolute Gasteiger partial charge is 0.451 e. The summed E-state index contributed by atoms with van der Waals surface area (Å²) in [5, 5.41) is 0.560. The number of anilines is 2. The van der Waals surface area contributed by atoms with E-state index in [0.29, 0.717) is 16.5 Å². The zero-order valence-electron chi connectivity index (χ0n) is 12.7. The predicted molar refractivity (Wildman–Crippen MR) is 98.7 cm³/mol. The molecule has 0 aromatic heterocycles. The molecule has 3 aromatic carbocycles. The summed E-state index contributed by atoms with van der Waals surface area (Å²) in [5.74, 6) is 0.656. The Balaban J connectivity index is 2.03. The van der Waals surface area contributed by atoms with Gasteiger partial charge in [-0.2, -0.15) is 0 Å². The van der Waals surface area contributed by atoms with E-state index in [-0.39, 0.29) is 21.4 Å². The van der Waals surface area contributed by atoms with Gasteiger partial charge in [0.2, 0.25) is 0 Å². The molecule has 0 fully saturated rings. The van der Waals surface area contributed by atoms with Crippen molar-refractivity contribution in [1.82, 2.24) is 0 Å². The molecule has 3 aromatic rings. The van der Waals surface area contributed by atoms with Crippen LogP contribution in [0.25, 0.3) is 0 Å². The summed E-state index contributed by atoms with van der Waals surface area (Å²) in [4.78, 5) is 0.161. The van der Waals surface area contributed by atoms with Crippen molar-refractivity contribution in [3.8, 4) is 11.5 Å². The van der Waals surface area contributed by atoms with E-state index < -0.39 is 10.0 Å². The number of fused-ring (bicyclic) bond motifs is 2. The Labute approximate surface area is 155 Å². The Morgan fingerprint density at radius 3 is 2.28 bits per heavy atom. The number of para-hydroxylation sites is 2. The van der Waals surface area contributed by atoms with Crippen LogP contribution in [0.1, 0.15) is 0 Å². The second kappa shape index (κ2) is 5.95. The highest BCUT2D eigenvalue weighted by Gasteiger charge is 2.35. The van der Waals surface area contributed by atoms with Crippen LogP contribution in [-0.4, -0.2) is 8.42 Å². The highest BCUT2D eigenvalue weighted by atomic mass is 35.5. The fourth-order valence-electron chi connectivity index (χ4n) is 2.71. The van der Waals surface area contributed by atoms with E-state index in [1.54, 1.807) is 54.6 Å². The minimum absolute atomic E-state index is 0.161. The van der Waals surface area contributed by atoms with Crippen LogP contribution in [0.4, 0.5) is 11.4 Å². The van der Waals surface area contributed by atoms with Gasteiger partial charge in [0.25, 0.3) is 10.0 Å². The van der Waals surface area contributed by atoms with Crippen molar-refractivity contribution < 1.29 is 13.2 Å². The van der Waals surface area contributed by atoms with Gasteiger partial charge in [-0.15, -0.1) is 0 Å². The molecule has 4 rings (SSSR count). The summed E-state index contributed by atoms with van der Waals surface area (Å²) in [6, 6.07) is 18.1. The molecule has 1 heterocycles. The van der Waals surface area contributed by atoms with Crippen molar-refractivity contribution in [2.45, 2.75) is 4.90 Å². The van der Waals surface area contributed by atoms with Crippen molar-refractivity contribution >= 4 is 44.6 Å². The van der Waals surface area contributed by atoms with Crippen molar-refractivity contribution in [3.63, 3.8) is 0 Å². The Bertz CT molecular complexity index is 1070. The molecule has 126 valence electrons. The molecule has 0 aliphatic carbocycles. The quantitative estimate of drug-likeness (QED) is 0.568. The average molecular weight is 392 g/mol. The van der Waals surface area contributed by atoms with Gasteiger partial charge in [-0.25, -0.2) is 12.7 Å². The molecule has 0 amide bonds. The maximum Gasteiger partial charge on any atom is 0.268 e. The Morgan fingerprint density at radius 2 is 1.52 bits per heavy atom. The fraction of sp³-hybridized carbons (Fsp3) is 0. The summed E-state index contributed by atoms with van der Waals surface area (Å²) in [6.45, 7) is 0. The van der Waals surface area contributed by atoms with Crippen molar-refractivity contribution in [3.05, 3.63) is 76.8 Å². The summed E-state index contributed by atoms with van der Waals surface area (Å²) >= 11 is 12.4. The Hall–Kier alpha value is -2.21. The predicted octanol–water partition coefficient (Wildman–Crippen LogP) is 5.63.